The van der Waals surface area contributed by atoms with Crippen molar-refractivity contribution >= 4 is 33.4 Å². The van der Waals surface area contributed by atoms with Crippen molar-refractivity contribution in [2.75, 3.05) is 5.32 Å². The Balaban J connectivity index is 1.88. The predicted octanol–water partition coefficient (Wildman–Crippen LogP) is 3.40. The molecule has 0 saturated heterocycles. The van der Waals surface area contributed by atoms with Crippen molar-refractivity contribution in [1.82, 2.24) is 10.4 Å². The van der Waals surface area contributed by atoms with Gasteiger partial charge < -0.3 is 5.32 Å². The number of hydrogen-bond acceptors (Lipinski definition) is 3. The van der Waals surface area contributed by atoms with E-state index in [1.54, 1.807) is 30.3 Å². The number of benzene rings is 2. The summed E-state index contributed by atoms with van der Waals surface area (Å²) in [4.78, 5) is 25.1. The van der Waals surface area contributed by atoms with Crippen LogP contribution in [0.25, 0.3) is 0 Å². The first-order chi connectivity index (χ1) is 11.1. The SMILES string of the molecule is CCC1Nc2ccc(Br)cc2C(=O)N1NC(=O)c1ccccc1. The smallest absolute Gasteiger partial charge is 0.276 e. The van der Waals surface area contributed by atoms with Gasteiger partial charge in [0.05, 0.1) is 5.56 Å². The molecule has 0 saturated carbocycles. The fourth-order valence-corrected chi connectivity index (χ4v) is 2.87. The molecule has 2 aromatic carbocycles. The molecule has 0 aliphatic carbocycles. The van der Waals surface area contributed by atoms with E-state index in [-0.39, 0.29) is 18.0 Å². The lowest BCUT2D eigenvalue weighted by Crippen LogP contribution is -2.57. The Kier molecular flexibility index (Phi) is 4.34. The monoisotopic (exact) mass is 373 g/mol. The lowest BCUT2D eigenvalue weighted by molar-refractivity contribution is 0.0488. The number of carbonyl (C=O) groups excluding carboxylic acids is 2. The standard InChI is InChI=1S/C17H16BrN3O2/c1-2-15-19-14-9-8-12(18)10-13(14)17(23)21(15)20-16(22)11-6-4-3-5-7-11/h3-10,15,19H,2H2,1H3,(H,20,22). The Bertz CT molecular complexity index is 749. The molecule has 0 fully saturated rings. The van der Waals surface area contributed by atoms with Crippen LogP contribution in [-0.2, 0) is 0 Å². The second-order valence-corrected chi connectivity index (χ2v) is 6.16. The summed E-state index contributed by atoms with van der Waals surface area (Å²) in [5, 5.41) is 4.65. The number of nitrogens with one attached hydrogen (secondary N) is 2. The van der Waals surface area contributed by atoms with E-state index in [1.807, 2.05) is 25.1 Å². The molecule has 1 aliphatic rings. The third-order valence-corrected chi connectivity index (χ3v) is 4.20. The predicted molar refractivity (Wildman–Crippen MR) is 91.9 cm³/mol. The highest BCUT2D eigenvalue weighted by Crippen LogP contribution is 2.28. The number of fused-ring (bicyclic) bond motifs is 1. The van der Waals surface area contributed by atoms with Crippen molar-refractivity contribution in [2.24, 2.45) is 0 Å². The van der Waals surface area contributed by atoms with Gasteiger partial charge >= 0.3 is 0 Å². The highest BCUT2D eigenvalue weighted by atomic mass is 79.9. The number of carbonyl (C=O) groups is 2. The lowest BCUT2D eigenvalue weighted by Gasteiger charge is -2.37. The van der Waals surface area contributed by atoms with Gasteiger partial charge in [0.1, 0.15) is 6.17 Å². The van der Waals surface area contributed by atoms with E-state index in [0.29, 0.717) is 17.5 Å². The van der Waals surface area contributed by atoms with Crippen molar-refractivity contribution in [2.45, 2.75) is 19.5 Å². The molecule has 1 atom stereocenters. The van der Waals surface area contributed by atoms with Crippen LogP contribution < -0.4 is 10.7 Å². The second-order valence-electron chi connectivity index (χ2n) is 5.24. The fraction of sp³-hybridized carbons (Fsp3) is 0.176. The van der Waals surface area contributed by atoms with Crippen molar-refractivity contribution in [3.8, 4) is 0 Å². The zero-order valence-corrected chi connectivity index (χ0v) is 14.1. The van der Waals surface area contributed by atoms with Gasteiger partial charge in [0.15, 0.2) is 0 Å². The summed E-state index contributed by atoms with van der Waals surface area (Å²) in [5.74, 6) is -0.533. The maximum Gasteiger partial charge on any atom is 0.276 e. The first kappa shape index (κ1) is 15.6. The molecule has 2 aromatic rings. The number of rotatable bonds is 3. The average molecular weight is 374 g/mol. The summed E-state index contributed by atoms with van der Waals surface area (Å²) >= 11 is 3.37. The highest BCUT2D eigenvalue weighted by molar-refractivity contribution is 9.10. The molecule has 6 heteroatoms. The molecule has 5 nitrogen and oxygen atoms in total. The minimum Gasteiger partial charge on any atom is -0.363 e. The Morgan fingerprint density at radius 2 is 2.00 bits per heavy atom. The van der Waals surface area contributed by atoms with Crippen LogP contribution in [0.4, 0.5) is 5.69 Å². The molecular weight excluding hydrogens is 358 g/mol. The summed E-state index contributed by atoms with van der Waals surface area (Å²) in [6.07, 6.45) is 0.375. The van der Waals surface area contributed by atoms with Crippen molar-refractivity contribution in [3.63, 3.8) is 0 Å². The van der Waals surface area contributed by atoms with Gasteiger partial charge in [0.25, 0.3) is 11.8 Å². The summed E-state index contributed by atoms with van der Waals surface area (Å²) in [5.41, 5.74) is 4.52. The minimum atomic E-state index is -0.308. The molecule has 0 bridgehead atoms. The molecule has 2 N–H and O–H groups in total. The van der Waals surface area contributed by atoms with Gasteiger partial charge in [0.2, 0.25) is 0 Å². The van der Waals surface area contributed by atoms with Gasteiger partial charge in [-0.25, -0.2) is 5.01 Å². The summed E-state index contributed by atoms with van der Waals surface area (Å²) < 4.78 is 0.815. The maximum absolute atomic E-state index is 12.8. The Hall–Kier alpha value is -2.34. The van der Waals surface area contributed by atoms with Crippen molar-refractivity contribution in [3.05, 3.63) is 64.1 Å². The summed E-state index contributed by atoms with van der Waals surface area (Å²) in [6, 6.07) is 14.3. The van der Waals surface area contributed by atoms with E-state index in [0.717, 1.165) is 10.2 Å². The number of anilines is 1. The Morgan fingerprint density at radius 1 is 1.26 bits per heavy atom. The van der Waals surface area contributed by atoms with Crippen LogP contribution in [-0.4, -0.2) is 23.0 Å². The number of amides is 2. The third kappa shape index (κ3) is 3.07. The van der Waals surface area contributed by atoms with Crippen LogP contribution >= 0.6 is 15.9 Å². The minimum absolute atomic E-state index is 0.226. The van der Waals surface area contributed by atoms with E-state index in [1.165, 1.54) is 5.01 Å². The molecule has 2 amide bonds. The molecule has 0 spiro atoms. The van der Waals surface area contributed by atoms with Crippen LogP contribution in [0.1, 0.15) is 34.1 Å². The van der Waals surface area contributed by atoms with Crippen LogP contribution in [0.5, 0.6) is 0 Å². The van der Waals surface area contributed by atoms with Gasteiger partial charge in [-0.05, 0) is 36.8 Å². The number of nitrogens with zero attached hydrogens (tertiary/aromatic N) is 1. The van der Waals surface area contributed by atoms with Gasteiger partial charge in [-0.3, -0.25) is 15.0 Å². The molecular formula is C17H16BrN3O2. The molecule has 23 heavy (non-hydrogen) atoms. The molecule has 3 rings (SSSR count). The van der Waals surface area contributed by atoms with E-state index >= 15 is 0 Å². The van der Waals surface area contributed by atoms with E-state index in [4.69, 9.17) is 0 Å². The summed E-state index contributed by atoms with van der Waals surface area (Å²) in [6.45, 7) is 1.95. The molecule has 118 valence electrons. The molecule has 0 radical (unpaired) electrons. The van der Waals surface area contributed by atoms with E-state index < -0.39 is 0 Å². The second kappa shape index (κ2) is 6.42. The number of halogens is 1. The third-order valence-electron chi connectivity index (χ3n) is 3.71. The normalized spacial score (nSPS) is 16.5. The maximum atomic E-state index is 12.8. The number of hydrogen-bond donors (Lipinski definition) is 2. The first-order valence-corrected chi connectivity index (χ1v) is 8.15. The highest BCUT2D eigenvalue weighted by Gasteiger charge is 2.32. The van der Waals surface area contributed by atoms with Gasteiger partial charge in [0, 0.05) is 15.7 Å². The molecule has 0 aromatic heterocycles. The zero-order valence-electron chi connectivity index (χ0n) is 12.5. The van der Waals surface area contributed by atoms with Gasteiger partial charge in [-0.1, -0.05) is 41.1 Å². The van der Waals surface area contributed by atoms with Crippen molar-refractivity contribution < 1.29 is 9.59 Å². The van der Waals surface area contributed by atoms with Crippen LogP contribution in [0.15, 0.2) is 53.0 Å². The first-order valence-electron chi connectivity index (χ1n) is 7.36. The lowest BCUT2D eigenvalue weighted by atomic mass is 10.1. The fourth-order valence-electron chi connectivity index (χ4n) is 2.51. The van der Waals surface area contributed by atoms with Crippen LogP contribution in [0.3, 0.4) is 0 Å². The van der Waals surface area contributed by atoms with E-state index in [9.17, 15) is 9.59 Å². The number of hydrazine groups is 1. The average Bonchev–Trinajstić information content (AvgIpc) is 2.58. The quantitative estimate of drug-likeness (QED) is 0.866. The summed E-state index contributed by atoms with van der Waals surface area (Å²) in [7, 11) is 0. The Morgan fingerprint density at radius 3 is 2.70 bits per heavy atom. The largest absolute Gasteiger partial charge is 0.363 e. The van der Waals surface area contributed by atoms with E-state index in [2.05, 4.69) is 26.7 Å². The van der Waals surface area contributed by atoms with Crippen LogP contribution in [0, 0.1) is 0 Å². The molecule has 1 unspecified atom stereocenters. The van der Waals surface area contributed by atoms with Gasteiger partial charge in [-0.2, -0.15) is 0 Å². The molecule has 1 heterocycles. The van der Waals surface area contributed by atoms with Crippen LogP contribution in [0.2, 0.25) is 0 Å². The topological polar surface area (TPSA) is 61.4 Å². The zero-order chi connectivity index (χ0) is 16.4. The van der Waals surface area contributed by atoms with Gasteiger partial charge in [-0.15, -0.1) is 0 Å². The Labute approximate surface area is 142 Å². The van der Waals surface area contributed by atoms with Crippen molar-refractivity contribution in [1.29, 1.82) is 0 Å². The molecule has 1 aliphatic heterocycles.